The molecule has 2 aromatic carbocycles. The number of benzene rings is 2. The van der Waals surface area contributed by atoms with E-state index in [1.807, 2.05) is 25.1 Å². The minimum Gasteiger partial charge on any atom is -0.445 e. The highest BCUT2D eigenvalue weighted by Crippen LogP contribution is 2.29. The van der Waals surface area contributed by atoms with E-state index in [9.17, 15) is 22.8 Å². The fourth-order valence-corrected chi connectivity index (χ4v) is 2.56. The van der Waals surface area contributed by atoms with E-state index in [0.29, 0.717) is 6.42 Å². The molecule has 29 heavy (non-hydrogen) atoms. The summed E-state index contributed by atoms with van der Waals surface area (Å²) in [7, 11) is 0. The fourth-order valence-electron chi connectivity index (χ4n) is 2.56. The van der Waals surface area contributed by atoms with Gasteiger partial charge in [-0.25, -0.2) is 4.79 Å². The largest absolute Gasteiger partial charge is 0.445 e. The number of ether oxygens (including phenoxy) is 1. The minimum atomic E-state index is -4.45. The molecule has 0 saturated heterocycles. The summed E-state index contributed by atoms with van der Waals surface area (Å²) >= 11 is 0. The molecule has 0 aliphatic heterocycles. The van der Waals surface area contributed by atoms with Crippen LogP contribution in [0, 0.1) is 5.92 Å². The van der Waals surface area contributed by atoms with Crippen molar-refractivity contribution in [3.05, 3.63) is 65.7 Å². The van der Waals surface area contributed by atoms with Crippen LogP contribution in [0.5, 0.6) is 0 Å². The second-order valence-electron chi connectivity index (χ2n) is 6.63. The molecule has 0 spiro atoms. The van der Waals surface area contributed by atoms with Crippen LogP contribution in [0.2, 0.25) is 0 Å². The number of carbonyl (C=O) groups excluding carboxylic acids is 2. The van der Waals surface area contributed by atoms with E-state index in [1.165, 1.54) is 12.1 Å². The van der Waals surface area contributed by atoms with Crippen molar-refractivity contribution in [1.82, 2.24) is 5.32 Å². The summed E-state index contributed by atoms with van der Waals surface area (Å²) in [5.74, 6) is -0.746. The topological polar surface area (TPSA) is 67.4 Å². The maximum Gasteiger partial charge on any atom is 0.416 e. The summed E-state index contributed by atoms with van der Waals surface area (Å²) in [5.41, 5.74) is 0.198. The molecule has 2 N–H and O–H groups in total. The molecular formula is C21H23F3N2O3. The molecule has 2 aromatic rings. The van der Waals surface area contributed by atoms with Gasteiger partial charge < -0.3 is 15.4 Å². The molecule has 0 aliphatic carbocycles. The molecule has 2 rings (SSSR count). The third-order valence-electron chi connectivity index (χ3n) is 4.46. The van der Waals surface area contributed by atoms with Gasteiger partial charge in [-0.05, 0) is 35.7 Å². The number of hydrogen-bond donors (Lipinski definition) is 2. The third kappa shape index (κ3) is 6.81. The third-order valence-corrected chi connectivity index (χ3v) is 4.46. The average Bonchev–Trinajstić information content (AvgIpc) is 2.70. The molecule has 2 amide bonds. The summed E-state index contributed by atoms with van der Waals surface area (Å²) in [6, 6.07) is 12.3. The van der Waals surface area contributed by atoms with Crippen molar-refractivity contribution in [2.75, 3.05) is 5.32 Å². The van der Waals surface area contributed by atoms with Crippen LogP contribution < -0.4 is 10.6 Å². The summed E-state index contributed by atoms with van der Waals surface area (Å²) in [4.78, 5) is 24.7. The molecule has 0 bridgehead atoms. The number of amides is 2. The lowest BCUT2D eigenvalue weighted by Crippen LogP contribution is -2.47. The van der Waals surface area contributed by atoms with Crippen LogP contribution in [0.3, 0.4) is 0 Å². The Hall–Kier alpha value is -3.03. The second-order valence-corrected chi connectivity index (χ2v) is 6.63. The van der Waals surface area contributed by atoms with Crippen LogP contribution in [-0.4, -0.2) is 18.0 Å². The van der Waals surface area contributed by atoms with Gasteiger partial charge in [-0.3, -0.25) is 4.79 Å². The standard InChI is InChI=1S/C21H23F3N2O3/c1-3-14(2)18(26-20(28)29-13-15-7-5-4-6-8-15)19(27)25-17-11-9-16(10-12-17)21(22,23)24/h4-12,14,18H,3,13H2,1-2H3,(H,25,27)(H,26,28)/t14-,18-/m0/s1. The van der Waals surface area contributed by atoms with Gasteiger partial charge >= 0.3 is 12.3 Å². The SMILES string of the molecule is CC[C@H](C)[C@H](NC(=O)OCc1ccccc1)C(=O)Nc1ccc(C(F)(F)F)cc1. The summed E-state index contributed by atoms with van der Waals surface area (Å²) < 4.78 is 43.1. The summed E-state index contributed by atoms with van der Waals surface area (Å²) in [6.45, 7) is 3.70. The van der Waals surface area contributed by atoms with Crippen LogP contribution in [0.25, 0.3) is 0 Å². The van der Waals surface area contributed by atoms with E-state index in [4.69, 9.17) is 4.74 Å². The Labute approximate surface area is 167 Å². The number of anilines is 1. The highest BCUT2D eigenvalue weighted by atomic mass is 19.4. The first-order valence-electron chi connectivity index (χ1n) is 9.16. The monoisotopic (exact) mass is 408 g/mol. The highest BCUT2D eigenvalue weighted by Gasteiger charge is 2.30. The van der Waals surface area contributed by atoms with Gasteiger partial charge in [-0.1, -0.05) is 50.6 Å². The summed E-state index contributed by atoms with van der Waals surface area (Å²) in [5, 5.41) is 5.08. The van der Waals surface area contributed by atoms with Crippen LogP contribution >= 0.6 is 0 Å². The van der Waals surface area contributed by atoms with Crippen LogP contribution in [0.1, 0.15) is 31.4 Å². The number of rotatable bonds is 7. The number of hydrogen-bond acceptors (Lipinski definition) is 3. The molecule has 8 heteroatoms. The van der Waals surface area contributed by atoms with Crippen LogP contribution in [0.15, 0.2) is 54.6 Å². The lowest BCUT2D eigenvalue weighted by atomic mass is 9.98. The van der Waals surface area contributed by atoms with Gasteiger partial charge in [0, 0.05) is 5.69 Å². The molecular weight excluding hydrogens is 385 g/mol. The maximum atomic E-state index is 12.7. The van der Waals surface area contributed by atoms with Gasteiger partial charge in [-0.15, -0.1) is 0 Å². The normalized spacial score (nSPS) is 13.3. The van der Waals surface area contributed by atoms with E-state index in [0.717, 1.165) is 17.7 Å². The van der Waals surface area contributed by atoms with E-state index in [-0.39, 0.29) is 18.2 Å². The van der Waals surface area contributed by atoms with Crippen LogP contribution in [0.4, 0.5) is 23.7 Å². The first-order chi connectivity index (χ1) is 13.7. The average molecular weight is 408 g/mol. The Bertz CT molecular complexity index is 808. The molecule has 156 valence electrons. The van der Waals surface area contributed by atoms with Gasteiger partial charge in [0.1, 0.15) is 12.6 Å². The van der Waals surface area contributed by atoms with Crippen molar-refractivity contribution >= 4 is 17.7 Å². The van der Waals surface area contributed by atoms with Crippen LogP contribution in [-0.2, 0) is 22.3 Å². The molecule has 0 saturated carbocycles. The quantitative estimate of drug-likeness (QED) is 0.679. The van der Waals surface area contributed by atoms with E-state index in [1.54, 1.807) is 19.1 Å². The Morgan fingerprint density at radius 2 is 1.66 bits per heavy atom. The van der Waals surface area contributed by atoms with E-state index >= 15 is 0 Å². The van der Waals surface area contributed by atoms with Crippen molar-refractivity contribution in [2.24, 2.45) is 5.92 Å². The Morgan fingerprint density at radius 3 is 2.21 bits per heavy atom. The van der Waals surface area contributed by atoms with Crippen molar-refractivity contribution in [2.45, 2.75) is 39.1 Å². The zero-order valence-corrected chi connectivity index (χ0v) is 16.1. The van der Waals surface area contributed by atoms with Gasteiger partial charge in [0.2, 0.25) is 5.91 Å². The molecule has 0 radical (unpaired) electrons. The Morgan fingerprint density at radius 1 is 1.03 bits per heavy atom. The lowest BCUT2D eigenvalue weighted by molar-refractivity contribution is -0.137. The van der Waals surface area contributed by atoms with Crippen molar-refractivity contribution in [3.8, 4) is 0 Å². The molecule has 0 fully saturated rings. The number of halogens is 3. The zero-order chi connectivity index (χ0) is 21.4. The Balaban J connectivity index is 1.99. The number of alkyl carbamates (subject to hydrolysis) is 1. The second kappa shape index (κ2) is 9.95. The first kappa shape index (κ1) is 22.3. The zero-order valence-electron chi connectivity index (χ0n) is 16.1. The number of carbonyl (C=O) groups is 2. The Kier molecular flexibility index (Phi) is 7.64. The van der Waals surface area contributed by atoms with Crippen molar-refractivity contribution < 1.29 is 27.5 Å². The lowest BCUT2D eigenvalue weighted by Gasteiger charge is -2.23. The molecule has 0 aliphatic rings. The predicted octanol–water partition coefficient (Wildman–Crippen LogP) is 4.99. The molecule has 0 aromatic heterocycles. The number of nitrogens with one attached hydrogen (secondary N) is 2. The molecule has 5 nitrogen and oxygen atoms in total. The summed E-state index contributed by atoms with van der Waals surface area (Å²) in [6.07, 6.45) is -4.60. The smallest absolute Gasteiger partial charge is 0.416 e. The highest BCUT2D eigenvalue weighted by molar-refractivity contribution is 5.96. The fraction of sp³-hybridized carbons (Fsp3) is 0.333. The molecule has 2 atom stereocenters. The van der Waals surface area contributed by atoms with E-state index < -0.39 is 29.8 Å². The van der Waals surface area contributed by atoms with Crippen molar-refractivity contribution in [3.63, 3.8) is 0 Å². The van der Waals surface area contributed by atoms with Gasteiger partial charge in [0.25, 0.3) is 0 Å². The van der Waals surface area contributed by atoms with Crippen molar-refractivity contribution in [1.29, 1.82) is 0 Å². The predicted molar refractivity (Wildman–Crippen MR) is 103 cm³/mol. The van der Waals surface area contributed by atoms with Gasteiger partial charge in [-0.2, -0.15) is 13.2 Å². The molecule has 0 heterocycles. The van der Waals surface area contributed by atoms with Gasteiger partial charge in [0.15, 0.2) is 0 Å². The molecule has 0 unspecified atom stereocenters. The van der Waals surface area contributed by atoms with Gasteiger partial charge in [0.05, 0.1) is 5.56 Å². The van der Waals surface area contributed by atoms with E-state index in [2.05, 4.69) is 10.6 Å². The maximum absolute atomic E-state index is 12.7. The minimum absolute atomic E-state index is 0.0560. The first-order valence-corrected chi connectivity index (χ1v) is 9.16. The number of alkyl halides is 3.